The van der Waals surface area contributed by atoms with Crippen molar-refractivity contribution in [3.63, 3.8) is 0 Å². The van der Waals surface area contributed by atoms with Gasteiger partial charge in [-0.2, -0.15) is 0 Å². The lowest BCUT2D eigenvalue weighted by molar-refractivity contribution is 0.0997. The van der Waals surface area contributed by atoms with Crippen molar-refractivity contribution in [2.45, 2.75) is 6.92 Å². The third-order valence-corrected chi connectivity index (χ3v) is 4.33. The number of anilines is 3. The summed E-state index contributed by atoms with van der Waals surface area (Å²) in [4.78, 5) is 20.4. The minimum Gasteiger partial charge on any atom is -0.382 e. The number of carbonyl (C=O) groups is 1. The smallest absolute Gasteiger partial charge is 0.272 e. The van der Waals surface area contributed by atoms with Crippen molar-refractivity contribution in [3.8, 4) is 0 Å². The first-order valence-electron chi connectivity index (χ1n) is 6.45. The molecule has 1 aromatic heterocycles. The van der Waals surface area contributed by atoms with Gasteiger partial charge in [0.05, 0.1) is 0 Å². The van der Waals surface area contributed by atoms with E-state index in [1.165, 1.54) is 28.4 Å². The Bertz CT molecular complexity index is 641. The van der Waals surface area contributed by atoms with Crippen molar-refractivity contribution in [1.82, 2.24) is 4.98 Å². The maximum absolute atomic E-state index is 12.9. The molecule has 5 nitrogen and oxygen atoms in total. The zero-order valence-electron chi connectivity index (χ0n) is 12.1. The van der Waals surface area contributed by atoms with Crippen molar-refractivity contribution < 1.29 is 9.18 Å². The Morgan fingerprint density at radius 1 is 1.33 bits per heavy atom. The highest BCUT2D eigenvalue weighted by atomic mass is 32.1. The summed E-state index contributed by atoms with van der Waals surface area (Å²) in [6.45, 7) is 2.76. The Morgan fingerprint density at radius 2 is 1.95 bits per heavy atom. The van der Waals surface area contributed by atoms with Gasteiger partial charge >= 0.3 is 0 Å². The summed E-state index contributed by atoms with van der Waals surface area (Å²) >= 11 is 1.25. The topological polar surface area (TPSA) is 62.5 Å². The molecule has 0 bridgehead atoms. The number of nitrogens with two attached hydrogens (primary N) is 1. The molecule has 0 unspecified atom stereocenters. The molecule has 0 saturated heterocycles. The van der Waals surface area contributed by atoms with E-state index in [4.69, 9.17) is 5.73 Å². The Hall–Kier alpha value is -2.15. The van der Waals surface area contributed by atoms with Crippen LogP contribution < -0.4 is 15.5 Å². The van der Waals surface area contributed by atoms with Gasteiger partial charge in [-0.05, 0) is 31.2 Å². The monoisotopic (exact) mass is 308 g/mol. The van der Waals surface area contributed by atoms with Gasteiger partial charge in [-0.25, -0.2) is 9.37 Å². The van der Waals surface area contributed by atoms with Crippen LogP contribution in [0.15, 0.2) is 24.3 Å². The highest BCUT2D eigenvalue weighted by Gasteiger charge is 2.21. The van der Waals surface area contributed by atoms with Crippen molar-refractivity contribution in [1.29, 1.82) is 0 Å². The third kappa shape index (κ3) is 3.13. The zero-order valence-corrected chi connectivity index (χ0v) is 12.9. The summed E-state index contributed by atoms with van der Waals surface area (Å²) in [7, 11) is 3.51. The third-order valence-electron chi connectivity index (χ3n) is 3.16. The van der Waals surface area contributed by atoms with Crippen molar-refractivity contribution in [2.75, 3.05) is 36.2 Å². The largest absolute Gasteiger partial charge is 0.382 e. The maximum Gasteiger partial charge on any atom is 0.272 e. The van der Waals surface area contributed by atoms with Crippen LogP contribution in [0, 0.1) is 5.82 Å². The SMILES string of the molecule is CCN(C)c1nc(N)c(C(=O)N(C)c2ccc(F)cc2)s1. The molecule has 1 aromatic carbocycles. The molecule has 1 heterocycles. The fourth-order valence-corrected chi connectivity index (χ4v) is 2.69. The number of nitrogens with zero attached hydrogens (tertiary/aromatic N) is 3. The van der Waals surface area contributed by atoms with Gasteiger partial charge in [0.15, 0.2) is 5.13 Å². The second kappa shape index (κ2) is 6.09. The summed E-state index contributed by atoms with van der Waals surface area (Å²) in [5.41, 5.74) is 6.44. The van der Waals surface area contributed by atoms with Crippen LogP contribution in [0.2, 0.25) is 0 Å². The lowest BCUT2D eigenvalue weighted by Gasteiger charge is -2.16. The molecular weight excluding hydrogens is 291 g/mol. The number of halogens is 1. The predicted octanol–water partition coefficient (Wildman–Crippen LogP) is 2.60. The number of hydrogen-bond donors (Lipinski definition) is 1. The summed E-state index contributed by atoms with van der Waals surface area (Å²) < 4.78 is 12.9. The van der Waals surface area contributed by atoms with Crippen molar-refractivity contribution in [2.24, 2.45) is 0 Å². The van der Waals surface area contributed by atoms with E-state index in [-0.39, 0.29) is 17.5 Å². The first kappa shape index (κ1) is 15.2. The quantitative estimate of drug-likeness (QED) is 0.943. The van der Waals surface area contributed by atoms with E-state index in [2.05, 4.69) is 4.98 Å². The summed E-state index contributed by atoms with van der Waals surface area (Å²) in [6, 6.07) is 5.71. The number of amides is 1. The predicted molar refractivity (Wildman–Crippen MR) is 84.6 cm³/mol. The molecule has 21 heavy (non-hydrogen) atoms. The van der Waals surface area contributed by atoms with Crippen LogP contribution in [0.4, 0.5) is 21.0 Å². The van der Waals surface area contributed by atoms with Crippen LogP contribution in [0.5, 0.6) is 0 Å². The summed E-state index contributed by atoms with van der Waals surface area (Å²) in [5.74, 6) is -0.384. The van der Waals surface area contributed by atoms with E-state index in [0.29, 0.717) is 15.7 Å². The van der Waals surface area contributed by atoms with Crippen molar-refractivity contribution in [3.05, 3.63) is 35.0 Å². The number of benzene rings is 1. The molecule has 2 rings (SSSR count). The minimum atomic E-state index is -0.344. The molecule has 0 spiro atoms. The van der Waals surface area contributed by atoms with Crippen LogP contribution in [0.1, 0.15) is 16.6 Å². The van der Waals surface area contributed by atoms with Crippen LogP contribution in [0.3, 0.4) is 0 Å². The van der Waals surface area contributed by atoms with Gasteiger partial charge < -0.3 is 15.5 Å². The highest BCUT2D eigenvalue weighted by molar-refractivity contribution is 7.18. The number of carbonyl (C=O) groups excluding carboxylic acids is 1. The van der Waals surface area contributed by atoms with Gasteiger partial charge in [-0.3, -0.25) is 4.79 Å². The second-order valence-electron chi connectivity index (χ2n) is 4.57. The summed E-state index contributed by atoms with van der Waals surface area (Å²) in [5, 5.41) is 0.700. The van der Waals surface area contributed by atoms with Gasteiger partial charge in [0.2, 0.25) is 0 Å². The molecule has 0 radical (unpaired) electrons. The zero-order chi connectivity index (χ0) is 15.6. The number of nitrogen functional groups attached to an aromatic ring is 1. The lowest BCUT2D eigenvalue weighted by Crippen LogP contribution is -2.26. The van der Waals surface area contributed by atoms with Gasteiger partial charge in [0.1, 0.15) is 16.5 Å². The number of thiazole rings is 1. The van der Waals surface area contributed by atoms with Gasteiger partial charge in [-0.1, -0.05) is 11.3 Å². The molecule has 112 valence electrons. The van der Waals surface area contributed by atoms with Gasteiger partial charge in [0, 0.05) is 26.3 Å². The molecule has 0 saturated carbocycles. The average molecular weight is 308 g/mol. The average Bonchev–Trinajstić information content (AvgIpc) is 2.87. The Balaban J connectivity index is 2.27. The Labute approximate surface area is 126 Å². The second-order valence-corrected chi connectivity index (χ2v) is 5.54. The molecule has 0 aliphatic rings. The molecule has 2 N–H and O–H groups in total. The maximum atomic E-state index is 12.9. The number of aromatic nitrogens is 1. The van der Waals surface area contributed by atoms with E-state index in [9.17, 15) is 9.18 Å². The fraction of sp³-hybridized carbons (Fsp3) is 0.286. The first-order chi connectivity index (χ1) is 9.93. The molecule has 7 heteroatoms. The Morgan fingerprint density at radius 3 is 2.52 bits per heavy atom. The molecule has 0 atom stereocenters. The van der Waals surface area contributed by atoms with Crippen LogP contribution in [-0.4, -0.2) is 31.5 Å². The Kier molecular flexibility index (Phi) is 4.42. The fourth-order valence-electron chi connectivity index (χ4n) is 1.71. The normalized spacial score (nSPS) is 10.5. The van der Waals surface area contributed by atoms with E-state index < -0.39 is 0 Å². The molecule has 0 aliphatic carbocycles. The molecule has 0 aliphatic heterocycles. The molecule has 2 aromatic rings. The lowest BCUT2D eigenvalue weighted by atomic mass is 10.3. The highest BCUT2D eigenvalue weighted by Crippen LogP contribution is 2.29. The van der Waals surface area contributed by atoms with E-state index in [1.54, 1.807) is 19.2 Å². The molecule has 1 amide bonds. The van der Waals surface area contributed by atoms with Crippen LogP contribution >= 0.6 is 11.3 Å². The van der Waals surface area contributed by atoms with Crippen LogP contribution in [0.25, 0.3) is 0 Å². The van der Waals surface area contributed by atoms with E-state index >= 15 is 0 Å². The standard InChI is InChI=1S/C14H17FN4OS/c1-4-18(2)14-17-12(16)11(21-14)13(20)19(3)10-7-5-9(15)6-8-10/h5-8H,4,16H2,1-3H3. The summed E-state index contributed by atoms with van der Waals surface area (Å²) in [6.07, 6.45) is 0. The van der Waals surface area contributed by atoms with Gasteiger partial charge in [-0.15, -0.1) is 0 Å². The minimum absolute atomic E-state index is 0.217. The first-order valence-corrected chi connectivity index (χ1v) is 7.26. The van der Waals surface area contributed by atoms with Crippen molar-refractivity contribution >= 4 is 33.9 Å². The number of rotatable bonds is 4. The number of hydrogen-bond acceptors (Lipinski definition) is 5. The molecular formula is C14H17FN4OS. The van der Waals surface area contributed by atoms with Gasteiger partial charge in [0.25, 0.3) is 5.91 Å². The molecule has 0 fully saturated rings. The van der Waals surface area contributed by atoms with Crippen LogP contribution in [-0.2, 0) is 0 Å². The van der Waals surface area contributed by atoms with E-state index in [0.717, 1.165) is 6.54 Å². The van der Waals surface area contributed by atoms with E-state index in [1.807, 2.05) is 18.9 Å².